The van der Waals surface area contributed by atoms with Crippen molar-refractivity contribution in [2.75, 3.05) is 0 Å². The quantitative estimate of drug-likeness (QED) is 0.565. The van der Waals surface area contributed by atoms with Crippen LogP contribution < -0.4 is 5.10 Å². The number of benzene rings is 2. The van der Waals surface area contributed by atoms with Gasteiger partial charge in [0.1, 0.15) is 6.04 Å². The van der Waals surface area contributed by atoms with Crippen LogP contribution in [-0.2, 0) is 16.1 Å². The summed E-state index contributed by atoms with van der Waals surface area (Å²) in [6, 6.07) is 14.6. The van der Waals surface area contributed by atoms with E-state index >= 15 is 0 Å². The van der Waals surface area contributed by atoms with Crippen LogP contribution in [-0.4, -0.2) is 43.5 Å². The lowest BCUT2D eigenvalue weighted by atomic mass is 9.97. The molecule has 8 nitrogen and oxygen atoms in total. The Bertz CT molecular complexity index is 1020. The molecule has 0 unspecified atom stereocenters. The summed E-state index contributed by atoms with van der Waals surface area (Å²) < 4.78 is 0. The third-order valence-corrected chi connectivity index (χ3v) is 5.11. The van der Waals surface area contributed by atoms with Gasteiger partial charge in [0.25, 0.3) is 0 Å². The van der Waals surface area contributed by atoms with Gasteiger partial charge in [0.15, 0.2) is 0 Å². The Hall–Kier alpha value is -3.55. The summed E-state index contributed by atoms with van der Waals surface area (Å²) in [5.41, 5.74) is 3.58. The van der Waals surface area contributed by atoms with E-state index in [-0.39, 0.29) is 18.4 Å². The highest BCUT2D eigenvalue weighted by molar-refractivity contribution is 5.84. The van der Waals surface area contributed by atoms with Crippen molar-refractivity contribution in [3.63, 3.8) is 0 Å². The molecular formula is C23H26N5O3-. The molecule has 0 fully saturated rings. The van der Waals surface area contributed by atoms with Crippen molar-refractivity contribution < 1.29 is 14.7 Å². The van der Waals surface area contributed by atoms with Gasteiger partial charge in [0.2, 0.25) is 5.91 Å². The van der Waals surface area contributed by atoms with Crippen LogP contribution in [0.2, 0.25) is 0 Å². The molecule has 3 rings (SSSR count). The second-order valence-electron chi connectivity index (χ2n) is 7.74. The Kier molecular flexibility index (Phi) is 7.12. The van der Waals surface area contributed by atoms with Gasteiger partial charge in [-0.1, -0.05) is 69.3 Å². The first-order valence-electron chi connectivity index (χ1n) is 10.3. The van der Waals surface area contributed by atoms with E-state index in [0.717, 1.165) is 22.3 Å². The van der Waals surface area contributed by atoms with Crippen LogP contribution in [0.4, 0.5) is 0 Å². The number of rotatable bonds is 9. The third-order valence-electron chi connectivity index (χ3n) is 5.11. The minimum absolute atomic E-state index is 0.147. The molecule has 0 spiro atoms. The summed E-state index contributed by atoms with van der Waals surface area (Å²) in [7, 11) is 0. The zero-order chi connectivity index (χ0) is 22.4. The maximum absolute atomic E-state index is 12.7. The minimum atomic E-state index is -0.984. The lowest BCUT2D eigenvalue weighted by Gasteiger charge is -2.31. The molecule has 0 bridgehead atoms. The smallest absolute Gasteiger partial charge is 0.326 e. The normalized spacial score (nSPS) is 12.0. The Labute approximate surface area is 181 Å². The second-order valence-corrected chi connectivity index (χ2v) is 7.74. The minimum Gasteiger partial charge on any atom is -0.480 e. The number of aromatic nitrogens is 4. The van der Waals surface area contributed by atoms with Crippen molar-refractivity contribution in [3.05, 3.63) is 54.1 Å². The van der Waals surface area contributed by atoms with E-state index in [2.05, 4.69) is 20.6 Å². The second kappa shape index (κ2) is 9.97. The molecule has 0 saturated heterocycles. The predicted molar refractivity (Wildman–Crippen MR) is 116 cm³/mol. The van der Waals surface area contributed by atoms with Crippen LogP contribution in [0.3, 0.4) is 0 Å². The van der Waals surface area contributed by atoms with Gasteiger partial charge in [-0.15, -0.1) is 0 Å². The summed E-state index contributed by atoms with van der Waals surface area (Å²) in [5.74, 6) is -0.873. The van der Waals surface area contributed by atoms with E-state index in [0.29, 0.717) is 18.7 Å². The Balaban J connectivity index is 1.88. The predicted octanol–water partition coefficient (Wildman–Crippen LogP) is 3.40. The number of amides is 1. The largest absolute Gasteiger partial charge is 0.480 e. The molecule has 1 heterocycles. The van der Waals surface area contributed by atoms with Gasteiger partial charge in [-0.25, -0.2) is 4.79 Å². The number of carbonyl (C=O) groups excluding carboxylic acids is 1. The molecule has 0 aliphatic rings. The van der Waals surface area contributed by atoms with E-state index in [1.54, 1.807) is 0 Å². The topological polar surface area (TPSA) is 110 Å². The molecule has 0 saturated carbocycles. The average Bonchev–Trinajstić information content (AvgIpc) is 3.28. The van der Waals surface area contributed by atoms with Crippen LogP contribution in [0, 0.1) is 5.92 Å². The first kappa shape index (κ1) is 22.1. The summed E-state index contributed by atoms with van der Waals surface area (Å²) >= 11 is 0. The third kappa shape index (κ3) is 5.14. The monoisotopic (exact) mass is 420 g/mol. The van der Waals surface area contributed by atoms with Gasteiger partial charge < -0.3 is 15.1 Å². The molecule has 1 amide bonds. The van der Waals surface area contributed by atoms with Crippen LogP contribution in [0.5, 0.6) is 0 Å². The van der Waals surface area contributed by atoms with Crippen LogP contribution >= 0.6 is 0 Å². The number of carboxylic acids is 1. The molecular weight excluding hydrogens is 394 g/mol. The SMILES string of the molecule is CCCC(=O)N(Cc1ccc(-c2ccccc2-c2nnn[n-]2)cc1)[C@H](C(=O)O)C(C)C. The number of tetrazole rings is 1. The molecule has 0 aliphatic heterocycles. The number of carboxylic acid groups (broad SMARTS) is 1. The van der Waals surface area contributed by atoms with Gasteiger partial charge in [0.05, 0.1) is 0 Å². The molecule has 2 aromatic carbocycles. The fraction of sp³-hybridized carbons (Fsp3) is 0.348. The van der Waals surface area contributed by atoms with Gasteiger partial charge in [-0.2, -0.15) is 5.21 Å². The van der Waals surface area contributed by atoms with Crippen LogP contribution in [0.1, 0.15) is 39.2 Å². The van der Waals surface area contributed by atoms with Crippen molar-refractivity contribution in [2.24, 2.45) is 5.92 Å². The van der Waals surface area contributed by atoms with Gasteiger partial charge in [0, 0.05) is 18.8 Å². The van der Waals surface area contributed by atoms with E-state index < -0.39 is 12.0 Å². The summed E-state index contributed by atoms with van der Waals surface area (Å²) in [5, 5.41) is 24.7. The van der Waals surface area contributed by atoms with Crippen molar-refractivity contribution in [2.45, 2.75) is 46.2 Å². The number of hydrogen-bond acceptors (Lipinski definition) is 5. The first-order chi connectivity index (χ1) is 14.9. The number of aliphatic carboxylic acids is 1. The van der Waals surface area contributed by atoms with Crippen molar-refractivity contribution >= 4 is 11.9 Å². The van der Waals surface area contributed by atoms with Crippen LogP contribution in [0.15, 0.2) is 48.5 Å². The van der Waals surface area contributed by atoms with Gasteiger partial charge >= 0.3 is 5.97 Å². The van der Waals surface area contributed by atoms with Crippen molar-refractivity contribution in [3.8, 4) is 22.5 Å². The molecule has 0 radical (unpaired) electrons. The highest BCUT2D eigenvalue weighted by atomic mass is 16.4. The summed E-state index contributed by atoms with van der Waals surface area (Å²) in [4.78, 5) is 26.0. The highest BCUT2D eigenvalue weighted by Gasteiger charge is 2.31. The molecule has 31 heavy (non-hydrogen) atoms. The Morgan fingerprint density at radius 1 is 1.06 bits per heavy atom. The summed E-state index contributed by atoms with van der Waals surface area (Å²) in [6.07, 6.45) is 0.993. The molecule has 1 N–H and O–H groups in total. The summed E-state index contributed by atoms with van der Waals surface area (Å²) in [6.45, 7) is 5.80. The standard InChI is InChI=1S/C23H27N5O3/c1-4-7-20(29)28(21(15(2)3)23(30)31)14-16-10-12-17(13-11-16)18-8-5-6-9-19(18)22-24-26-27-25-22/h5-6,8-13,15,21H,4,7,14H2,1-3H3,(H2,24,25,26,27,30,31)/p-1/t21-/m0/s1. The first-order valence-corrected chi connectivity index (χ1v) is 10.3. The number of carbonyl (C=O) groups is 2. The Morgan fingerprint density at radius 2 is 1.74 bits per heavy atom. The van der Waals surface area contributed by atoms with Gasteiger partial charge in [-0.05, 0) is 34.6 Å². The van der Waals surface area contributed by atoms with E-state index in [9.17, 15) is 14.7 Å². The van der Waals surface area contributed by atoms with Gasteiger partial charge in [-0.3, -0.25) is 15.1 Å². The zero-order valence-corrected chi connectivity index (χ0v) is 17.9. The maximum Gasteiger partial charge on any atom is 0.326 e. The Morgan fingerprint density at radius 3 is 2.29 bits per heavy atom. The molecule has 3 aromatic rings. The maximum atomic E-state index is 12.7. The fourth-order valence-electron chi connectivity index (χ4n) is 3.65. The molecule has 1 atom stereocenters. The van der Waals surface area contributed by atoms with E-state index in [1.807, 2.05) is 69.3 Å². The number of nitrogens with zero attached hydrogens (tertiary/aromatic N) is 5. The van der Waals surface area contributed by atoms with E-state index in [1.165, 1.54) is 4.90 Å². The lowest BCUT2D eigenvalue weighted by molar-refractivity contribution is -0.153. The van der Waals surface area contributed by atoms with Crippen molar-refractivity contribution in [1.29, 1.82) is 0 Å². The molecule has 0 aliphatic carbocycles. The lowest BCUT2D eigenvalue weighted by Crippen LogP contribution is -2.47. The number of hydrogen-bond donors (Lipinski definition) is 1. The fourth-order valence-corrected chi connectivity index (χ4v) is 3.65. The van der Waals surface area contributed by atoms with Crippen molar-refractivity contribution in [1.82, 2.24) is 25.5 Å². The zero-order valence-electron chi connectivity index (χ0n) is 17.9. The molecule has 1 aromatic heterocycles. The molecule has 8 heteroatoms. The highest BCUT2D eigenvalue weighted by Crippen LogP contribution is 2.30. The average molecular weight is 420 g/mol. The van der Waals surface area contributed by atoms with E-state index in [4.69, 9.17) is 0 Å². The van der Waals surface area contributed by atoms with Crippen LogP contribution in [0.25, 0.3) is 22.5 Å². The molecule has 162 valence electrons.